The van der Waals surface area contributed by atoms with Crippen molar-refractivity contribution in [1.82, 2.24) is 4.90 Å². The number of piperidine rings is 1. The second-order valence-electron chi connectivity index (χ2n) is 5.62. The molecule has 2 rings (SSSR count). The van der Waals surface area contributed by atoms with E-state index in [1.165, 1.54) is 0 Å². The zero-order valence-electron chi connectivity index (χ0n) is 12.2. The molecule has 0 saturated carbocycles. The highest BCUT2D eigenvalue weighted by Crippen LogP contribution is 2.28. The van der Waals surface area contributed by atoms with Gasteiger partial charge in [-0.2, -0.15) is 0 Å². The second-order valence-corrected chi connectivity index (χ2v) is 6.00. The van der Waals surface area contributed by atoms with Crippen LogP contribution >= 0.6 is 11.6 Å². The number of amides is 1. The summed E-state index contributed by atoms with van der Waals surface area (Å²) in [6.45, 7) is 5.42. The van der Waals surface area contributed by atoms with Crippen LogP contribution < -0.4 is 5.73 Å². The summed E-state index contributed by atoms with van der Waals surface area (Å²) in [6.07, 6.45) is 3.22. The van der Waals surface area contributed by atoms with E-state index in [4.69, 9.17) is 17.3 Å². The summed E-state index contributed by atoms with van der Waals surface area (Å²) in [5, 5.41) is 0.561. The minimum Gasteiger partial charge on any atom is -0.334 e. The van der Waals surface area contributed by atoms with Gasteiger partial charge in [-0.1, -0.05) is 37.1 Å². The predicted octanol–water partition coefficient (Wildman–Crippen LogP) is 3.24. The van der Waals surface area contributed by atoms with Gasteiger partial charge in [0.25, 0.3) is 5.91 Å². The Balaban J connectivity index is 2.22. The van der Waals surface area contributed by atoms with Crippen LogP contribution in [0.1, 0.15) is 42.1 Å². The molecule has 1 saturated heterocycles. The zero-order chi connectivity index (χ0) is 14.7. The molecule has 1 aliphatic heterocycles. The van der Waals surface area contributed by atoms with Crippen molar-refractivity contribution in [3.05, 3.63) is 34.3 Å². The number of nitrogens with two attached hydrogens (primary N) is 1. The molecular formula is C16H23ClN2O. The van der Waals surface area contributed by atoms with Crippen LogP contribution in [0.3, 0.4) is 0 Å². The van der Waals surface area contributed by atoms with Gasteiger partial charge in [-0.3, -0.25) is 4.79 Å². The third kappa shape index (κ3) is 2.99. The van der Waals surface area contributed by atoms with E-state index in [0.29, 0.717) is 23.0 Å². The summed E-state index contributed by atoms with van der Waals surface area (Å²) in [5.74, 6) is 0.698. The Bertz CT molecular complexity index is 489. The van der Waals surface area contributed by atoms with E-state index in [1.807, 2.05) is 24.0 Å². The minimum atomic E-state index is 0.0173. The molecule has 0 aromatic heterocycles. The Morgan fingerprint density at radius 1 is 1.50 bits per heavy atom. The molecule has 20 heavy (non-hydrogen) atoms. The summed E-state index contributed by atoms with van der Waals surface area (Å²) in [4.78, 5) is 14.6. The molecule has 1 heterocycles. The first-order chi connectivity index (χ1) is 9.58. The number of carbonyl (C=O) groups excluding carboxylic acids is 1. The third-order valence-corrected chi connectivity index (χ3v) is 4.86. The van der Waals surface area contributed by atoms with Gasteiger partial charge in [-0.05, 0) is 37.3 Å². The maximum atomic E-state index is 12.7. The molecule has 1 amide bonds. The topological polar surface area (TPSA) is 46.3 Å². The lowest BCUT2D eigenvalue weighted by atomic mass is 9.88. The number of nitrogens with zero attached hydrogens (tertiary/aromatic N) is 1. The van der Waals surface area contributed by atoms with Crippen molar-refractivity contribution in [2.24, 2.45) is 11.7 Å². The molecule has 1 aromatic rings. The van der Waals surface area contributed by atoms with E-state index >= 15 is 0 Å². The highest BCUT2D eigenvalue weighted by Gasteiger charge is 2.31. The van der Waals surface area contributed by atoms with Gasteiger partial charge in [-0.25, -0.2) is 0 Å². The Kier molecular flexibility index (Phi) is 5.06. The highest BCUT2D eigenvalue weighted by molar-refractivity contribution is 6.34. The fourth-order valence-corrected chi connectivity index (χ4v) is 3.17. The monoisotopic (exact) mass is 294 g/mol. The van der Waals surface area contributed by atoms with E-state index in [9.17, 15) is 4.79 Å². The van der Waals surface area contributed by atoms with Crippen LogP contribution in [-0.2, 0) is 0 Å². The lowest BCUT2D eigenvalue weighted by Gasteiger charge is -2.39. The maximum absolute atomic E-state index is 12.7. The van der Waals surface area contributed by atoms with Crippen LogP contribution in [-0.4, -0.2) is 29.9 Å². The molecule has 1 aliphatic rings. The van der Waals surface area contributed by atoms with Gasteiger partial charge in [-0.15, -0.1) is 0 Å². The first kappa shape index (κ1) is 15.3. The number of likely N-dealkylation sites (tertiary alicyclic amines) is 1. The molecule has 0 aliphatic carbocycles. The Labute approximate surface area is 126 Å². The van der Waals surface area contributed by atoms with E-state index in [0.717, 1.165) is 31.4 Å². The standard InChI is InChI=1S/C16H23ClN2O/c1-3-12-7-8-19(13(9-12)10-18)16(20)14-6-4-5-11(2)15(14)17/h4-6,12-13H,3,7-10,18H2,1-2H3. The number of carbonyl (C=O) groups is 1. The highest BCUT2D eigenvalue weighted by atomic mass is 35.5. The second kappa shape index (κ2) is 6.59. The number of hydrogen-bond acceptors (Lipinski definition) is 2. The number of halogens is 1. The smallest absolute Gasteiger partial charge is 0.255 e. The average Bonchev–Trinajstić information content (AvgIpc) is 2.48. The van der Waals surface area contributed by atoms with Crippen LogP contribution in [0.25, 0.3) is 0 Å². The Hall–Kier alpha value is -1.06. The van der Waals surface area contributed by atoms with Gasteiger partial charge >= 0.3 is 0 Å². The third-order valence-electron chi connectivity index (χ3n) is 4.36. The first-order valence-electron chi connectivity index (χ1n) is 7.34. The predicted molar refractivity (Wildman–Crippen MR) is 83.1 cm³/mol. The molecule has 2 atom stereocenters. The van der Waals surface area contributed by atoms with E-state index < -0.39 is 0 Å². The van der Waals surface area contributed by atoms with Gasteiger partial charge in [0, 0.05) is 19.1 Å². The molecule has 2 N–H and O–H groups in total. The normalized spacial score (nSPS) is 22.9. The van der Waals surface area contributed by atoms with Crippen molar-refractivity contribution in [3.8, 4) is 0 Å². The van der Waals surface area contributed by atoms with Crippen molar-refractivity contribution < 1.29 is 4.79 Å². The number of aryl methyl sites for hydroxylation is 1. The average molecular weight is 295 g/mol. The molecule has 1 fully saturated rings. The molecule has 0 bridgehead atoms. The van der Waals surface area contributed by atoms with Crippen LogP contribution in [0.2, 0.25) is 5.02 Å². The van der Waals surface area contributed by atoms with Gasteiger partial charge in [0.15, 0.2) is 0 Å². The van der Waals surface area contributed by atoms with Crippen LogP contribution in [0.15, 0.2) is 18.2 Å². The lowest BCUT2D eigenvalue weighted by Crippen LogP contribution is -2.49. The quantitative estimate of drug-likeness (QED) is 0.930. The van der Waals surface area contributed by atoms with Gasteiger partial charge < -0.3 is 10.6 Å². The molecule has 2 unspecified atom stereocenters. The van der Waals surface area contributed by atoms with Crippen LogP contribution in [0, 0.1) is 12.8 Å². The summed E-state index contributed by atoms with van der Waals surface area (Å²) in [5.41, 5.74) is 7.40. The Morgan fingerprint density at radius 2 is 2.25 bits per heavy atom. The van der Waals surface area contributed by atoms with E-state index in [1.54, 1.807) is 6.07 Å². The summed E-state index contributed by atoms with van der Waals surface area (Å²) in [7, 11) is 0. The SMILES string of the molecule is CCC1CCN(C(=O)c2cccc(C)c2Cl)C(CN)C1. The van der Waals surface area contributed by atoms with Crippen LogP contribution in [0.5, 0.6) is 0 Å². The van der Waals surface area contributed by atoms with E-state index in [2.05, 4.69) is 6.92 Å². The molecule has 1 aromatic carbocycles. The van der Waals surface area contributed by atoms with Gasteiger partial charge in [0.2, 0.25) is 0 Å². The van der Waals surface area contributed by atoms with Crippen molar-refractivity contribution >= 4 is 17.5 Å². The molecule has 0 spiro atoms. The van der Waals surface area contributed by atoms with Crippen molar-refractivity contribution in [2.45, 2.75) is 39.2 Å². The molecule has 110 valence electrons. The van der Waals surface area contributed by atoms with Gasteiger partial charge in [0.1, 0.15) is 0 Å². The lowest BCUT2D eigenvalue weighted by molar-refractivity contribution is 0.0558. The van der Waals surface area contributed by atoms with Crippen molar-refractivity contribution in [3.63, 3.8) is 0 Å². The number of rotatable bonds is 3. The molecular weight excluding hydrogens is 272 g/mol. The molecule has 4 heteroatoms. The van der Waals surface area contributed by atoms with Gasteiger partial charge in [0.05, 0.1) is 10.6 Å². The molecule has 3 nitrogen and oxygen atoms in total. The minimum absolute atomic E-state index is 0.0173. The molecule has 0 radical (unpaired) electrons. The number of hydrogen-bond donors (Lipinski definition) is 1. The first-order valence-corrected chi connectivity index (χ1v) is 7.72. The van der Waals surface area contributed by atoms with Crippen molar-refractivity contribution in [2.75, 3.05) is 13.1 Å². The summed E-state index contributed by atoms with van der Waals surface area (Å²) >= 11 is 6.28. The number of benzene rings is 1. The summed E-state index contributed by atoms with van der Waals surface area (Å²) in [6, 6.07) is 5.74. The van der Waals surface area contributed by atoms with Crippen molar-refractivity contribution in [1.29, 1.82) is 0 Å². The maximum Gasteiger partial charge on any atom is 0.255 e. The Morgan fingerprint density at radius 3 is 2.90 bits per heavy atom. The van der Waals surface area contributed by atoms with E-state index in [-0.39, 0.29) is 11.9 Å². The fourth-order valence-electron chi connectivity index (χ4n) is 2.96. The fraction of sp³-hybridized carbons (Fsp3) is 0.562. The zero-order valence-corrected chi connectivity index (χ0v) is 13.0. The largest absolute Gasteiger partial charge is 0.334 e. The van der Waals surface area contributed by atoms with Crippen LogP contribution in [0.4, 0.5) is 0 Å². The summed E-state index contributed by atoms with van der Waals surface area (Å²) < 4.78 is 0.